The summed E-state index contributed by atoms with van der Waals surface area (Å²) in [7, 11) is 0. The molecule has 0 aromatic carbocycles. The summed E-state index contributed by atoms with van der Waals surface area (Å²) in [5.41, 5.74) is 5.04. The van der Waals surface area contributed by atoms with Crippen LogP contribution in [0.5, 0.6) is 0 Å². The predicted molar refractivity (Wildman–Crippen MR) is 115 cm³/mol. The Labute approximate surface area is 178 Å². The van der Waals surface area contributed by atoms with Gasteiger partial charge in [-0.2, -0.15) is 0 Å². The molecule has 1 fully saturated rings. The molecule has 0 aliphatic heterocycles. The van der Waals surface area contributed by atoms with Crippen molar-refractivity contribution in [3.8, 4) is 11.1 Å². The molecule has 1 unspecified atom stereocenters. The highest BCUT2D eigenvalue weighted by molar-refractivity contribution is 5.97. The number of alkyl halides is 1. The molecule has 1 aliphatic carbocycles. The van der Waals surface area contributed by atoms with E-state index < -0.39 is 18.2 Å². The minimum atomic E-state index is -1.05. The number of aryl methyl sites for hydroxylation is 1. The first-order valence-electron chi connectivity index (χ1n) is 10.3. The number of amides is 1. The van der Waals surface area contributed by atoms with Crippen LogP contribution in [0.2, 0.25) is 0 Å². The van der Waals surface area contributed by atoms with Gasteiger partial charge in [0.2, 0.25) is 5.91 Å². The van der Waals surface area contributed by atoms with E-state index in [4.69, 9.17) is 0 Å². The summed E-state index contributed by atoms with van der Waals surface area (Å²) in [5, 5.41) is 13.7. The molecular weight excluding hydrogens is 397 g/mol. The molecule has 0 radical (unpaired) electrons. The maximum Gasteiger partial charge on any atom is 0.231 e. The van der Waals surface area contributed by atoms with Crippen molar-refractivity contribution in [2.24, 2.45) is 5.92 Å². The van der Waals surface area contributed by atoms with E-state index in [2.05, 4.69) is 20.3 Å². The van der Waals surface area contributed by atoms with E-state index in [9.17, 15) is 14.3 Å². The second-order valence-electron chi connectivity index (χ2n) is 8.00. The maximum atomic E-state index is 13.2. The number of carbonyl (C=O) groups is 1. The van der Waals surface area contributed by atoms with Gasteiger partial charge in [-0.25, -0.2) is 14.4 Å². The summed E-state index contributed by atoms with van der Waals surface area (Å²) in [6, 6.07) is 5.67. The molecule has 158 valence electrons. The Hall–Kier alpha value is -3.39. The van der Waals surface area contributed by atoms with E-state index >= 15 is 0 Å². The van der Waals surface area contributed by atoms with Crippen molar-refractivity contribution >= 4 is 28.3 Å². The maximum absolute atomic E-state index is 13.2. The molecule has 0 bridgehead atoms. The Bertz CT molecular complexity index is 1320. The zero-order valence-electron chi connectivity index (χ0n) is 17.2. The Kier molecular flexibility index (Phi) is 4.66. The van der Waals surface area contributed by atoms with Gasteiger partial charge in [-0.1, -0.05) is 6.92 Å². The third-order valence-corrected chi connectivity index (χ3v) is 5.80. The fraction of sp³-hybridized carbons (Fsp3) is 0.304. The quantitative estimate of drug-likeness (QED) is 0.510. The number of anilines is 1. The van der Waals surface area contributed by atoms with Crippen LogP contribution in [0.25, 0.3) is 27.7 Å². The molecule has 4 aromatic heterocycles. The minimum absolute atomic E-state index is 0.274. The van der Waals surface area contributed by atoms with Crippen LogP contribution < -0.4 is 5.32 Å². The Morgan fingerprint density at radius 1 is 1.26 bits per heavy atom. The van der Waals surface area contributed by atoms with Crippen molar-refractivity contribution in [2.45, 2.75) is 39.0 Å². The summed E-state index contributed by atoms with van der Waals surface area (Å²) >= 11 is 0. The number of fused-ring (bicyclic) bond motifs is 3. The third-order valence-electron chi connectivity index (χ3n) is 5.80. The number of aliphatic hydroxyl groups is 1. The molecule has 5 rings (SSSR count). The molecule has 1 amide bonds. The number of hydrogen-bond donors (Lipinski definition) is 2. The largest absolute Gasteiger partial charge is 0.387 e. The van der Waals surface area contributed by atoms with Crippen LogP contribution in [0, 0.1) is 12.8 Å². The molecule has 31 heavy (non-hydrogen) atoms. The highest BCUT2D eigenvalue weighted by atomic mass is 19.1. The van der Waals surface area contributed by atoms with Gasteiger partial charge < -0.3 is 10.4 Å². The first kappa shape index (κ1) is 19.6. The van der Waals surface area contributed by atoms with Crippen LogP contribution in [0.15, 0.2) is 43.0 Å². The van der Waals surface area contributed by atoms with Crippen LogP contribution in [-0.2, 0) is 4.79 Å². The molecule has 0 saturated heterocycles. The van der Waals surface area contributed by atoms with Gasteiger partial charge in [-0.15, -0.1) is 0 Å². The summed E-state index contributed by atoms with van der Waals surface area (Å²) < 4.78 is 15.1. The van der Waals surface area contributed by atoms with E-state index in [0.29, 0.717) is 17.9 Å². The van der Waals surface area contributed by atoms with Gasteiger partial charge in [0.1, 0.15) is 17.6 Å². The number of nitrogens with one attached hydrogen (secondary N) is 1. The smallest absolute Gasteiger partial charge is 0.231 e. The molecule has 0 spiro atoms. The molecule has 4 aromatic rings. The number of nitrogens with zero attached hydrogens (tertiary/aromatic N) is 4. The number of aliphatic hydroxyl groups excluding tert-OH is 1. The highest BCUT2D eigenvalue weighted by Crippen LogP contribution is 2.35. The zero-order chi connectivity index (χ0) is 21.7. The number of carbonyl (C=O) groups excluding carboxylic acids is 1. The number of rotatable bonds is 5. The lowest BCUT2D eigenvalue weighted by molar-refractivity contribution is -0.117. The topological polar surface area (TPSA) is 92.4 Å². The van der Waals surface area contributed by atoms with Crippen molar-refractivity contribution in [1.29, 1.82) is 0 Å². The van der Waals surface area contributed by atoms with Crippen LogP contribution in [-0.4, -0.2) is 36.5 Å². The van der Waals surface area contributed by atoms with Crippen molar-refractivity contribution in [1.82, 2.24) is 19.4 Å². The van der Waals surface area contributed by atoms with Crippen LogP contribution >= 0.6 is 0 Å². The van der Waals surface area contributed by atoms with Gasteiger partial charge >= 0.3 is 0 Å². The minimum Gasteiger partial charge on any atom is -0.387 e. The van der Waals surface area contributed by atoms with Gasteiger partial charge in [0.25, 0.3) is 0 Å². The van der Waals surface area contributed by atoms with Crippen molar-refractivity contribution in [3.05, 3.63) is 54.2 Å². The zero-order valence-corrected chi connectivity index (χ0v) is 17.2. The first-order valence-corrected chi connectivity index (χ1v) is 10.3. The Morgan fingerprint density at radius 3 is 2.77 bits per heavy atom. The summed E-state index contributed by atoms with van der Waals surface area (Å²) in [6.45, 7) is 3.90. The molecule has 7 nitrogen and oxygen atoms in total. The first-order chi connectivity index (χ1) is 15.0. The molecular formula is C23H22FN5O2. The average Bonchev–Trinajstić information content (AvgIpc) is 3.30. The molecule has 4 heterocycles. The lowest BCUT2D eigenvalue weighted by Crippen LogP contribution is -2.16. The van der Waals surface area contributed by atoms with Gasteiger partial charge in [-0.3, -0.25) is 14.2 Å². The molecule has 3 atom stereocenters. The monoisotopic (exact) mass is 419 g/mol. The number of imidazole rings is 1. The fourth-order valence-electron chi connectivity index (χ4n) is 3.86. The van der Waals surface area contributed by atoms with E-state index in [1.54, 1.807) is 24.7 Å². The fourth-order valence-corrected chi connectivity index (χ4v) is 3.86. The third kappa shape index (κ3) is 3.42. The van der Waals surface area contributed by atoms with Gasteiger partial charge in [0, 0.05) is 47.4 Å². The highest BCUT2D eigenvalue weighted by Gasteiger charge is 2.43. The molecule has 1 aliphatic rings. The lowest BCUT2D eigenvalue weighted by atomic mass is 10.0. The SMILES string of the molecule is CCC(O)c1cc(C)c(-c2cc3cnc(NC(=O)[C@@H]4C[C@@H]4F)cc3n3ccnc23)cn1. The van der Waals surface area contributed by atoms with Gasteiger partial charge in [-0.05, 0) is 37.5 Å². The number of halogens is 1. The number of pyridine rings is 3. The van der Waals surface area contributed by atoms with Gasteiger partial charge in [0.15, 0.2) is 0 Å². The number of hydrogen-bond acceptors (Lipinski definition) is 5. The summed E-state index contributed by atoms with van der Waals surface area (Å²) in [5.74, 6) is -0.526. The normalized spacial score (nSPS) is 19.0. The molecule has 8 heteroatoms. The standard InChI is InChI=1S/C23H22FN5O2/c1-3-20(30)18-6-12(2)16(11-26-18)14-7-13-10-27-21(28-23(31)15-8-17(15)24)9-19(13)29-5-4-25-22(14)29/h4-7,9-11,15,17,20,30H,3,8H2,1-2H3,(H,27,28,31)/t15-,17+,20?/m1/s1. The van der Waals surface area contributed by atoms with Gasteiger partial charge in [0.05, 0.1) is 23.2 Å². The van der Waals surface area contributed by atoms with Crippen molar-refractivity contribution < 1.29 is 14.3 Å². The Morgan fingerprint density at radius 2 is 2.06 bits per heavy atom. The van der Waals surface area contributed by atoms with Crippen LogP contribution in [0.3, 0.4) is 0 Å². The molecule has 1 saturated carbocycles. The Balaban J connectivity index is 1.58. The van der Waals surface area contributed by atoms with E-state index in [0.717, 1.165) is 33.2 Å². The number of aromatic nitrogens is 4. The van der Waals surface area contributed by atoms with Crippen molar-refractivity contribution in [2.75, 3.05) is 5.32 Å². The second kappa shape index (κ2) is 7.39. The van der Waals surface area contributed by atoms with E-state index in [1.165, 1.54) is 0 Å². The second-order valence-corrected chi connectivity index (χ2v) is 8.00. The van der Waals surface area contributed by atoms with E-state index in [1.807, 2.05) is 36.6 Å². The lowest BCUT2D eigenvalue weighted by Gasteiger charge is -2.14. The van der Waals surface area contributed by atoms with Crippen LogP contribution in [0.1, 0.15) is 37.1 Å². The predicted octanol–water partition coefficient (Wildman–Crippen LogP) is 3.99. The summed E-state index contributed by atoms with van der Waals surface area (Å²) in [4.78, 5) is 25.4. The summed E-state index contributed by atoms with van der Waals surface area (Å²) in [6.07, 6.45) is 6.26. The van der Waals surface area contributed by atoms with Crippen LogP contribution in [0.4, 0.5) is 10.2 Å². The van der Waals surface area contributed by atoms with Crippen molar-refractivity contribution in [3.63, 3.8) is 0 Å². The molecule has 2 N–H and O–H groups in total. The average molecular weight is 419 g/mol. The van der Waals surface area contributed by atoms with E-state index in [-0.39, 0.29) is 12.3 Å².